The highest BCUT2D eigenvalue weighted by atomic mass is 16.6. The van der Waals surface area contributed by atoms with Gasteiger partial charge in [-0.3, -0.25) is 9.59 Å². The van der Waals surface area contributed by atoms with E-state index in [-0.39, 0.29) is 39.4 Å². The molecule has 2 aromatic carbocycles. The van der Waals surface area contributed by atoms with Crippen molar-refractivity contribution in [2.24, 2.45) is 0 Å². The Kier molecular flexibility index (Phi) is 15.8. The Balaban J connectivity index is 1.55. The largest absolute Gasteiger partial charge is 0.467 e. The smallest absolute Gasteiger partial charge is 0.332 e. The van der Waals surface area contributed by atoms with Gasteiger partial charge in [0, 0.05) is 6.54 Å². The van der Waals surface area contributed by atoms with Gasteiger partial charge in [0.15, 0.2) is 13.2 Å². The van der Waals surface area contributed by atoms with E-state index in [0.717, 1.165) is 11.1 Å². The number of esters is 3. The van der Waals surface area contributed by atoms with Gasteiger partial charge in [-0.05, 0) is 30.4 Å². The molecule has 0 bridgehead atoms. The van der Waals surface area contributed by atoms with Crippen LogP contribution >= 0.6 is 0 Å². The molecule has 0 aromatic heterocycles. The van der Waals surface area contributed by atoms with E-state index in [1.54, 1.807) is 0 Å². The summed E-state index contributed by atoms with van der Waals surface area (Å²) in [6.07, 6.45) is 1.17. The van der Waals surface area contributed by atoms with Crippen LogP contribution in [0.2, 0.25) is 0 Å². The molecule has 0 saturated carbocycles. The molecule has 12 nitrogen and oxygen atoms in total. The maximum absolute atomic E-state index is 12.2. The monoisotopic (exact) mass is 572 g/mol. The molecule has 0 spiro atoms. The Hall–Kier alpha value is -4.29. The predicted octanol–water partition coefficient (Wildman–Crippen LogP) is 1.45. The average Bonchev–Trinajstić information content (AvgIpc) is 2.99. The maximum atomic E-state index is 12.2. The molecule has 12 heteroatoms. The van der Waals surface area contributed by atoms with Crippen LogP contribution in [0.4, 0.5) is 0 Å². The van der Waals surface area contributed by atoms with E-state index in [2.05, 4.69) is 10.6 Å². The van der Waals surface area contributed by atoms with Crippen molar-refractivity contribution in [2.45, 2.75) is 38.5 Å². The molecule has 2 rings (SSSR count). The first-order valence-electron chi connectivity index (χ1n) is 13.1. The lowest BCUT2D eigenvalue weighted by atomic mass is 10.1. The normalized spacial score (nSPS) is 11.1. The number of hydrogen-bond acceptors (Lipinski definition) is 10. The molecule has 0 aliphatic rings. The fourth-order valence-electron chi connectivity index (χ4n) is 3.41. The highest BCUT2D eigenvalue weighted by molar-refractivity contribution is 5.86. The molecule has 0 fully saturated rings. The van der Waals surface area contributed by atoms with Gasteiger partial charge in [-0.15, -0.1) is 0 Å². The van der Waals surface area contributed by atoms with Gasteiger partial charge in [0.1, 0.15) is 19.3 Å². The summed E-state index contributed by atoms with van der Waals surface area (Å²) in [5, 5.41) is 5.08. The second-order valence-corrected chi connectivity index (χ2v) is 8.77. The minimum absolute atomic E-state index is 0.225. The van der Waals surface area contributed by atoms with Gasteiger partial charge in [0.05, 0.1) is 20.3 Å². The number of unbranched alkanes of at least 4 members (excludes halogenated alkanes) is 1. The van der Waals surface area contributed by atoms with E-state index in [1.165, 1.54) is 7.11 Å². The summed E-state index contributed by atoms with van der Waals surface area (Å²) in [6, 6.07) is 17.6. The third kappa shape index (κ3) is 15.2. The zero-order valence-corrected chi connectivity index (χ0v) is 23.0. The minimum Gasteiger partial charge on any atom is -0.467 e. The summed E-state index contributed by atoms with van der Waals surface area (Å²) < 4.78 is 25.0. The molecule has 0 radical (unpaired) electrons. The number of benzene rings is 2. The number of amides is 2. The summed E-state index contributed by atoms with van der Waals surface area (Å²) in [5.74, 6) is -3.17. The summed E-state index contributed by atoms with van der Waals surface area (Å²) >= 11 is 0. The Morgan fingerprint density at radius 2 is 1.20 bits per heavy atom. The number of carbonyl (C=O) groups is 5. The molecule has 0 heterocycles. The Morgan fingerprint density at radius 1 is 0.683 bits per heavy atom. The second-order valence-electron chi connectivity index (χ2n) is 8.77. The molecule has 41 heavy (non-hydrogen) atoms. The standard InChI is InChI=1S/C29H36N2O10/c1-37-29(36)24(31-26(33)19-41-28(35)21-39-17-23-12-6-3-7-13-23)14-8-9-15-30-25(32)18-40-27(34)20-38-16-22-10-4-2-5-11-22/h2-7,10-13,24H,8-9,14-21H2,1H3,(H,30,32)(H,31,33). The van der Waals surface area contributed by atoms with Crippen molar-refractivity contribution >= 4 is 29.7 Å². The van der Waals surface area contributed by atoms with Crippen LogP contribution in [0, 0.1) is 0 Å². The predicted molar refractivity (Wildman–Crippen MR) is 145 cm³/mol. The van der Waals surface area contributed by atoms with Crippen LogP contribution in [0.25, 0.3) is 0 Å². The van der Waals surface area contributed by atoms with Crippen LogP contribution in [-0.2, 0) is 60.9 Å². The number of nitrogens with one attached hydrogen (secondary N) is 2. The van der Waals surface area contributed by atoms with Crippen LogP contribution in [0.3, 0.4) is 0 Å². The molecule has 0 saturated heterocycles. The van der Waals surface area contributed by atoms with Gasteiger partial charge in [-0.2, -0.15) is 0 Å². The molecule has 0 aliphatic carbocycles. The summed E-state index contributed by atoms with van der Waals surface area (Å²) in [5.41, 5.74) is 1.80. The average molecular weight is 573 g/mol. The molecular weight excluding hydrogens is 536 g/mol. The number of hydrogen-bond donors (Lipinski definition) is 2. The van der Waals surface area contributed by atoms with Crippen molar-refractivity contribution < 1.29 is 47.7 Å². The fourth-order valence-corrected chi connectivity index (χ4v) is 3.41. The lowest BCUT2D eigenvalue weighted by molar-refractivity contribution is -0.154. The Morgan fingerprint density at radius 3 is 1.71 bits per heavy atom. The van der Waals surface area contributed by atoms with Gasteiger partial charge in [0.2, 0.25) is 0 Å². The van der Waals surface area contributed by atoms with Crippen molar-refractivity contribution in [1.29, 1.82) is 0 Å². The Bertz CT molecular complexity index is 1100. The van der Waals surface area contributed by atoms with Crippen molar-refractivity contribution in [1.82, 2.24) is 10.6 Å². The minimum atomic E-state index is -0.951. The van der Waals surface area contributed by atoms with Crippen LogP contribution in [0.5, 0.6) is 0 Å². The third-order valence-electron chi connectivity index (χ3n) is 5.45. The Labute approximate surface area is 238 Å². The molecular formula is C29H36N2O10. The lowest BCUT2D eigenvalue weighted by Gasteiger charge is -2.16. The van der Waals surface area contributed by atoms with Gasteiger partial charge in [-0.1, -0.05) is 60.7 Å². The van der Waals surface area contributed by atoms with E-state index in [0.29, 0.717) is 12.8 Å². The quantitative estimate of drug-likeness (QED) is 0.144. The molecule has 1 atom stereocenters. The molecule has 0 aliphatic heterocycles. The second kappa shape index (κ2) is 19.7. The molecule has 2 aromatic rings. The van der Waals surface area contributed by atoms with Crippen LogP contribution in [0.1, 0.15) is 30.4 Å². The molecule has 2 N–H and O–H groups in total. The van der Waals surface area contributed by atoms with Crippen LogP contribution < -0.4 is 10.6 Å². The summed E-state index contributed by atoms with van der Waals surface area (Å²) in [6.45, 7) is -0.868. The van der Waals surface area contributed by atoms with E-state index in [4.69, 9.17) is 23.7 Å². The molecule has 1 unspecified atom stereocenters. The zero-order valence-electron chi connectivity index (χ0n) is 23.0. The highest BCUT2D eigenvalue weighted by Crippen LogP contribution is 2.04. The van der Waals surface area contributed by atoms with Gasteiger partial charge in [-0.25, -0.2) is 14.4 Å². The number of carbonyl (C=O) groups excluding carboxylic acids is 5. The molecule has 2 amide bonds. The van der Waals surface area contributed by atoms with Gasteiger partial charge in [0.25, 0.3) is 11.8 Å². The first-order chi connectivity index (χ1) is 19.9. The van der Waals surface area contributed by atoms with E-state index >= 15 is 0 Å². The summed E-state index contributed by atoms with van der Waals surface area (Å²) in [4.78, 5) is 59.6. The summed E-state index contributed by atoms with van der Waals surface area (Å²) in [7, 11) is 1.19. The van der Waals surface area contributed by atoms with Crippen molar-refractivity contribution in [3.8, 4) is 0 Å². The SMILES string of the molecule is COC(=O)C(CCCCNC(=O)COC(=O)COCc1ccccc1)NC(=O)COC(=O)COCc1ccccc1. The van der Waals surface area contributed by atoms with Crippen molar-refractivity contribution in [3.63, 3.8) is 0 Å². The first-order valence-corrected chi connectivity index (χ1v) is 13.1. The van der Waals surface area contributed by atoms with E-state index < -0.39 is 49.0 Å². The fraction of sp³-hybridized carbons (Fsp3) is 0.414. The number of ether oxygens (including phenoxy) is 5. The highest BCUT2D eigenvalue weighted by Gasteiger charge is 2.21. The first kappa shape index (κ1) is 32.9. The molecule has 222 valence electrons. The number of methoxy groups -OCH3 is 1. The zero-order chi connectivity index (χ0) is 29.7. The van der Waals surface area contributed by atoms with Crippen LogP contribution in [-0.4, -0.2) is 75.8 Å². The lowest BCUT2D eigenvalue weighted by Crippen LogP contribution is -2.43. The third-order valence-corrected chi connectivity index (χ3v) is 5.45. The topological polar surface area (TPSA) is 156 Å². The van der Waals surface area contributed by atoms with E-state index in [9.17, 15) is 24.0 Å². The number of rotatable bonds is 19. The van der Waals surface area contributed by atoms with Gasteiger partial charge >= 0.3 is 17.9 Å². The maximum Gasteiger partial charge on any atom is 0.332 e. The van der Waals surface area contributed by atoms with Crippen LogP contribution in [0.15, 0.2) is 60.7 Å². The van der Waals surface area contributed by atoms with Crippen molar-refractivity contribution in [3.05, 3.63) is 71.8 Å². The van der Waals surface area contributed by atoms with E-state index in [1.807, 2.05) is 60.7 Å². The van der Waals surface area contributed by atoms with Crippen molar-refractivity contribution in [2.75, 3.05) is 40.1 Å². The van der Waals surface area contributed by atoms with Gasteiger partial charge < -0.3 is 34.3 Å².